The zero-order chi connectivity index (χ0) is 16.4. The van der Waals surface area contributed by atoms with Gasteiger partial charge in [0, 0.05) is 34.7 Å². The second kappa shape index (κ2) is 6.85. The number of fused-ring (bicyclic) bond motifs is 1. The van der Waals surface area contributed by atoms with Gasteiger partial charge in [-0.1, -0.05) is 18.2 Å². The monoisotopic (exact) mass is 314 g/mol. The van der Waals surface area contributed by atoms with Crippen LogP contribution < -0.4 is 0 Å². The number of likely N-dealkylation sites (tertiary alicyclic amines) is 1. The molecular weight excluding hydrogens is 288 g/mol. The second-order valence-electron chi connectivity index (χ2n) is 6.65. The highest BCUT2D eigenvalue weighted by atomic mass is 16.3. The maximum atomic E-state index is 11.5. The van der Waals surface area contributed by atoms with Crippen molar-refractivity contribution in [1.82, 2.24) is 9.47 Å². The Hall–Kier alpha value is -1.65. The topological polar surface area (TPSA) is 45.5 Å². The van der Waals surface area contributed by atoms with Crippen LogP contribution in [0.3, 0.4) is 0 Å². The van der Waals surface area contributed by atoms with Gasteiger partial charge in [0.05, 0.1) is 6.61 Å². The number of β-amino-alcohol motifs (C(OH)–C–C–N with tert-alkyl or cyclic N) is 1. The van der Waals surface area contributed by atoms with Gasteiger partial charge < -0.3 is 14.6 Å². The first-order valence-corrected chi connectivity index (χ1v) is 8.55. The Morgan fingerprint density at radius 2 is 2.00 bits per heavy atom. The molecule has 1 saturated heterocycles. The first-order valence-electron chi connectivity index (χ1n) is 8.55. The van der Waals surface area contributed by atoms with Crippen molar-refractivity contribution in [3.8, 4) is 0 Å². The average Bonchev–Trinajstić information content (AvgIpc) is 2.86. The maximum absolute atomic E-state index is 11.5. The van der Waals surface area contributed by atoms with Crippen LogP contribution in [0.1, 0.15) is 41.9 Å². The zero-order valence-corrected chi connectivity index (χ0v) is 14.0. The Bertz CT molecular complexity index is 684. The van der Waals surface area contributed by atoms with Crippen molar-refractivity contribution in [3.63, 3.8) is 0 Å². The van der Waals surface area contributed by atoms with Crippen LogP contribution in [0.25, 0.3) is 10.9 Å². The summed E-state index contributed by atoms with van der Waals surface area (Å²) in [5.74, 6) is 0.610. The van der Waals surface area contributed by atoms with Crippen molar-refractivity contribution in [2.24, 2.45) is 5.92 Å². The molecule has 1 aliphatic rings. The molecule has 2 aromatic rings. The van der Waals surface area contributed by atoms with Gasteiger partial charge in [0.1, 0.15) is 0 Å². The number of piperidine rings is 1. The smallest absolute Gasteiger partial charge is 0.152 e. The van der Waals surface area contributed by atoms with E-state index in [1.807, 2.05) is 18.2 Å². The molecule has 0 bridgehead atoms. The van der Waals surface area contributed by atoms with Crippen LogP contribution in [0.2, 0.25) is 0 Å². The lowest BCUT2D eigenvalue weighted by atomic mass is 9.90. The first-order chi connectivity index (χ1) is 11.2. The molecule has 4 heteroatoms. The maximum Gasteiger partial charge on any atom is 0.152 e. The van der Waals surface area contributed by atoms with E-state index in [1.165, 1.54) is 0 Å². The summed E-state index contributed by atoms with van der Waals surface area (Å²) < 4.78 is 2.35. The van der Waals surface area contributed by atoms with E-state index < -0.39 is 0 Å². The van der Waals surface area contributed by atoms with E-state index in [0.717, 1.165) is 60.9 Å². The summed E-state index contributed by atoms with van der Waals surface area (Å²) in [5.41, 5.74) is 3.06. The Labute approximate surface area is 137 Å². The van der Waals surface area contributed by atoms with Crippen LogP contribution in [0, 0.1) is 12.8 Å². The van der Waals surface area contributed by atoms with Gasteiger partial charge in [-0.2, -0.15) is 0 Å². The third-order valence-corrected chi connectivity index (χ3v) is 5.46. The van der Waals surface area contributed by atoms with Gasteiger partial charge in [0.25, 0.3) is 0 Å². The van der Waals surface area contributed by atoms with Gasteiger partial charge in [0.15, 0.2) is 6.29 Å². The minimum Gasteiger partial charge on any atom is -0.395 e. The summed E-state index contributed by atoms with van der Waals surface area (Å²) in [6, 6.07) is 8.58. The number of aldehydes is 1. The quantitative estimate of drug-likeness (QED) is 0.863. The highest BCUT2D eigenvalue weighted by molar-refractivity contribution is 5.99. The van der Waals surface area contributed by atoms with Crippen molar-refractivity contribution in [1.29, 1.82) is 0 Å². The largest absolute Gasteiger partial charge is 0.395 e. The zero-order valence-electron chi connectivity index (χ0n) is 14.0. The molecule has 2 heterocycles. The summed E-state index contributed by atoms with van der Waals surface area (Å²) in [6.45, 7) is 7.45. The third kappa shape index (κ3) is 2.93. The van der Waals surface area contributed by atoms with Crippen molar-refractivity contribution in [3.05, 3.63) is 35.5 Å². The fraction of sp³-hybridized carbons (Fsp3) is 0.526. The SMILES string of the molecule is Cc1c(C=O)c2ccccc2n1C(C)C1CCN(CCO)CC1. The van der Waals surface area contributed by atoms with Gasteiger partial charge in [-0.05, 0) is 51.8 Å². The Morgan fingerprint density at radius 1 is 1.30 bits per heavy atom. The van der Waals surface area contributed by atoms with Crippen LogP contribution >= 0.6 is 0 Å². The van der Waals surface area contributed by atoms with Crippen LogP contribution in [0.4, 0.5) is 0 Å². The summed E-state index contributed by atoms with van der Waals surface area (Å²) in [5, 5.41) is 10.1. The summed E-state index contributed by atoms with van der Waals surface area (Å²) in [4.78, 5) is 13.9. The fourth-order valence-corrected chi connectivity index (χ4v) is 4.10. The fourth-order valence-electron chi connectivity index (χ4n) is 4.10. The molecule has 1 fully saturated rings. The lowest BCUT2D eigenvalue weighted by molar-refractivity contribution is 0.112. The normalized spacial score (nSPS) is 18.4. The van der Waals surface area contributed by atoms with Crippen molar-refractivity contribution >= 4 is 17.2 Å². The van der Waals surface area contributed by atoms with Gasteiger partial charge in [-0.3, -0.25) is 4.79 Å². The molecule has 0 spiro atoms. The number of para-hydroxylation sites is 1. The van der Waals surface area contributed by atoms with E-state index in [2.05, 4.69) is 29.4 Å². The van der Waals surface area contributed by atoms with Gasteiger partial charge in [-0.25, -0.2) is 0 Å². The molecular formula is C19H26N2O2. The van der Waals surface area contributed by atoms with Crippen molar-refractivity contribution in [2.75, 3.05) is 26.2 Å². The van der Waals surface area contributed by atoms with Crippen LogP contribution in [0.5, 0.6) is 0 Å². The molecule has 4 nitrogen and oxygen atoms in total. The number of aromatic nitrogens is 1. The highest BCUT2D eigenvalue weighted by Gasteiger charge is 2.27. The molecule has 3 rings (SSSR count). The molecule has 0 radical (unpaired) electrons. The minimum absolute atomic E-state index is 0.240. The molecule has 1 aromatic heterocycles. The number of hydrogen-bond acceptors (Lipinski definition) is 3. The van der Waals surface area contributed by atoms with E-state index in [4.69, 9.17) is 5.11 Å². The first kappa shape index (κ1) is 16.2. The van der Waals surface area contributed by atoms with Crippen LogP contribution in [-0.2, 0) is 0 Å². The highest BCUT2D eigenvalue weighted by Crippen LogP contribution is 2.34. The standard InChI is InChI=1S/C19H26N2O2/c1-14(16-7-9-20(10-8-16)11-12-22)21-15(2)18(13-23)17-5-3-4-6-19(17)21/h3-6,13-14,16,22H,7-12H2,1-2H3. The molecule has 0 saturated carbocycles. The second-order valence-corrected chi connectivity index (χ2v) is 6.65. The van der Waals surface area contributed by atoms with E-state index in [-0.39, 0.29) is 6.61 Å². The van der Waals surface area contributed by atoms with E-state index in [1.54, 1.807) is 0 Å². The Kier molecular flexibility index (Phi) is 4.83. The molecule has 1 N–H and O–H groups in total. The summed E-state index contributed by atoms with van der Waals surface area (Å²) in [7, 11) is 0. The predicted octanol–water partition coefficient (Wildman–Crippen LogP) is 3.03. The summed E-state index contributed by atoms with van der Waals surface area (Å²) >= 11 is 0. The lowest BCUT2D eigenvalue weighted by Crippen LogP contribution is -2.37. The Morgan fingerprint density at radius 3 is 2.65 bits per heavy atom. The number of aliphatic hydroxyl groups is 1. The molecule has 0 amide bonds. The number of benzene rings is 1. The molecule has 124 valence electrons. The van der Waals surface area contributed by atoms with E-state index in [0.29, 0.717) is 12.0 Å². The van der Waals surface area contributed by atoms with Gasteiger partial charge in [0.2, 0.25) is 0 Å². The lowest BCUT2D eigenvalue weighted by Gasteiger charge is -2.35. The number of rotatable bonds is 5. The number of aliphatic hydroxyl groups excluding tert-OH is 1. The molecule has 23 heavy (non-hydrogen) atoms. The molecule has 1 aromatic carbocycles. The average molecular weight is 314 g/mol. The molecule has 0 aliphatic carbocycles. The number of hydrogen-bond donors (Lipinski definition) is 1. The molecule has 1 atom stereocenters. The minimum atomic E-state index is 0.240. The van der Waals surface area contributed by atoms with E-state index in [9.17, 15) is 4.79 Å². The van der Waals surface area contributed by atoms with E-state index >= 15 is 0 Å². The summed E-state index contributed by atoms with van der Waals surface area (Å²) in [6.07, 6.45) is 3.28. The van der Waals surface area contributed by atoms with Crippen LogP contribution in [-0.4, -0.2) is 47.1 Å². The number of carbonyl (C=O) groups excluding carboxylic acids is 1. The predicted molar refractivity (Wildman–Crippen MR) is 93.0 cm³/mol. The number of carbonyl (C=O) groups is 1. The van der Waals surface area contributed by atoms with Gasteiger partial charge in [-0.15, -0.1) is 0 Å². The Balaban J connectivity index is 1.88. The third-order valence-electron chi connectivity index (χ3n) is 5.46. The van der Waals surface area contributed by atoms with Crippen molar-refractivity contribution in [2.45, 2.75) is 32.7 Å². The number of nitrogens with zero attached hydrogens (tertiary/aromatic N) is 2. The molecule has 1 aliphatic heterocycles. The molecule has 1 unspecified atom stereocenters. The van der Waals surface area contributed by atoms with Crippen LogP contribution in [0.15, 0.2) is 24.3 Å². The van der Waals surface area contributed by atoms with Crippen molar-refractivity contribution < 1.29 is 9.90 Å². The van der Waals surface area contributed by atoms with Gasteiger partial charge >= 0.3 is 0 Å².